The fourth-order valence-electron chi connectivity index (χ4n) is 1.41. The van der Waals surface area contributed by atoms with Crippen molar-refractivity contribution in [1.29, 1.82) is 0 Å². The van der Waals surface area contributed by atoms with Gasteiger partial charge in [-0.15, -0.1) is 0 Å². The van der Waals surface area contributed by atoms with Crippen molar-refractivity contribution in [3.8, 4) is 17.0 Å². The molecule has 16 heavy (non-hydrogen) atoms. The van der Waals surface area contributed by atoms with Crippen LogP contribution >= 0.6 is 39.1 Å². The Morgan fingerprint density at radius 3 is 2.69 bits per heavy atom. The van der Waals surface area contributed by atoms with E-state index in [9.17, 15) is 0 Å². The fourth-order valence-corrected chi connectivity index (χ4v) is 2.40. The molecule has 1 N–H and O–H groups in total. The summed E-state index contributed by atoms with van der Waals surface area (Å²) >= 11 is 15.4. The lowest BCUT2D eigenvalue weighted by Crippen LogP contribution is -1.90. The Kier molecular flexibility index (Phi) is 3.42. The SMILES string of the molecule is COc1c(Cl)cc(Cl)cc1-c1nc[nH]c1Br. The van der Waals surface area contributed by atoms with E-state index in [0.29, 0.717) is 21.5 Å². The summed E-state index contributed by atoms with van der Waals surface area (Å²) in [6.45, 7) is 0. The number of hydrogen-bond acceptors (Lipinski definition) is 2. The molecule has 0 atom stereocenters. The molecule has 0 aliphatic heterocycles. The zero-order chi connectivity index (χ0) is 11.7. The van der Waals surface area contributed by atoms with E-state index < -0.39 is 0 Å². The van der Waals surface area contributed by atoms with Crippen LogP contribution in [0, 0.1) is 0 Å². The molecule has 0 fully saturated rings. The van der Waals surface area contributed by atoms with Gasteiger partial charge in [0.05, 0.1) is 18.5 Å². The molecule has 6 heteroatoms. The Balaban J connectivity index is 2.68. The molecule has 0 amide bonds. The molecule has 0 spiro atoms. The normalized spacial score (nSPS) is 10.5. The van der Waals surface area contributed by atoms with Crippen LogP contribution in [0.2, 0.25) is 10.0 Å². The maximum absolute atomic E-state index is 6.04. The summed E-state index contributed by atoms with van der Waals surface area (Å²) in [7, 11) is 1.55. The van der Waals surface area contributed by atoms with Crippen LogP contribution in [0.15, 0.2) is 23.1 Å². The fraction of sp³-hybridized carbons (Fsp3) is 0.100. The van der Waals surface area contributed by atoms with Gasteiger partial charge in [0, 0.05) is 10.6 Å². The van der Waals surface area contributed by atoms with E-state index in [1.807, 2.05) is 0 Å². The predicted molar refractivity (Wildman–Crippen MR) is 68.3 cm³/mol. The number of imidazole rings is 1. The molecule has 0 aliphatic carbocycles. The van der Waals surface area contributed by atoms with Crippen molar-refractivity contribution in [2.24, 2.45) is 0 Å². The van der Waals surface area contributed by atoms with Crippen LogP contribution in [0.3, 0.4) is 0 Å². The second-order valence-electron chi connectivity index (χ2n) is 3.03. The maximum Gasteiger partial charge on any atom is 0.147 e. The van der Waals surface area contributed by atoms with Gasteiger partial charge in [-0.2, -0.15) is 0 Å². The molecule has 1 aromatic carbocycles. The van der Waals surface area contributed by atoms with Crippen molar-refractivity contribution in [3.63, 3.8) is 0 Å². The molecule has 0 bridgehead atoms. The molecule has 1 heterocycles. The van der Waals surface area contributed by atoms with Crippen molar-refractivity contribution in [3.05, 3.63) is 33.1 Å². The first-order chi connectivity index (χ1) is 7.63. The lowest BCUT2D eigenvalue weighted by molar-refractivity contribution is 0.416. The average Bonchev–Trinajstić information content (AvgIpc) is 2.63. The highest BCUT2D eigenvalue weighted by molar-refractivity contribution is 9.10. The van der Waals surface area contributed by atoms with Crippen molar-refractivity contribution in [2.45, 2.75) is 0 Å². The summed E-state index contributed by atoms with van der Waals surface area (Å²) in [6, 6.07) is 3.39. The van der Waals surface area contributed by atoms with E-state index in [1.165, 1.54) is 0 Å². The predicted octanol–water partition coefficient (Wildman–Crippen LogP) is 4.15. The minimum absolute atomic E-state index is 0.458. The molecule has 0 saturated heterocycles. The van der Waals surface area contributed by atoms with Gasteiger partial charge in [-0.1, -0.05) is 23.2 Å². The van der Waals surface area contributed by atoms with Crippen LogP contribution in [0.5, 0.6) is 5.75 Å². The maximum atomic E-state index is 6.04. The standard InChI is InChI=1S/C10H7BrCl2N2O/c1-16-9-6(2-5(12)3-7(9)13)8-10(11)15-4-14-8/h2-4H,1H3,(H,14,15). The molecule has 0 radical (unpaired) electrons. The van der Waals surface area contributed by atoms with Gasteiger partial charge in [0.15, 0.2) is 0 Å². The molecule has 1 aromatic heterocycles. The van der Waals surface area contributed by atoms with E-state index in [2.05, 4.69) is 25.9 Å². The first-order valence-corrected chi connectivity index (χ1v) is 5.90. The van der Waals surface area contributed by atoms with Crippen LogP contribution in [0.1, 0.15) is 0 Å². The van der Waals surface area contributed by atoms with E-state index >= 15 is 0 Å². The number of aromatic nitrogens is 2. The average molecular weight is 322 g/mol. The number of ether oxygens (including phenoxy) is 1. The number of methoxy groups -OCH3 is 1. The molecular formula is C10H7BrCl2N2O. The first kappa shape index (κ1) is 11.8. The van der Waals surface area contributed by atoms with Crippen molar-refractivity contribution in [2.75, 3.05) is 7.11 Å². The largest absolute Gasteiger partial charge is 0.494 e. The van der Waals surface area contributed by atoms with Gasteiger partial charge < -0.3 is 9.72 Å². The van der Waals surface area contributed by atoms with Gasteiger partial charge in [0.2, 0.25) is 0 Å². The topological polar surface area (TPSA) is 37.9 Å². The molecule has 0 aliphatic rings. The monoisotopic (exact) mass is 320 g/mol. The van der Waals surface area contributed by atoms with Gasteiger partial charge in [0.25, 0.3) is 0 Å². The Labute approximate surface area is 111 Å². The number of rotatable bonds is 2. The molecule has 3 nitrogen and oxygen atoms in total. The third-order valence-electron chi connectivity index (χ3n) is 2.06. The molecule has 2 rings (SSSR count). The second-order valence-corrected chi connectivity index (χ2v) is 4.67. The van der Waals surface area contributed by atoms with Gasteiger partial charge >= 0.3 is 0 Å². The third kappa shape index (κ3) is 2.05. The molecule has 84 valence electrons. The third-order valence-corrected chi connectivity index (χ3v) is 3.16. The lowest BCUT2D eigenvalue weighted by atomic mass is 10.1. The number of halogens is 3. The van der Waals surface area contributed by atoms with Crippen LogP contribution < -0.4 is 4.74 Å². The van der Waals surface area contributed by atoms with Crippen LogP contribution in [-0.4, -0.2) is 17.1 Å². The van der Waals surface area contributed by atoms with Crippen LogP contribution in [0.25, 0.3) is 11.3 Å². The van der Waals surface area contributed by atoms with E-state index in [0.717, 1.165) is 10.2 Å². The Morgan fingerprint density at radius 1 is 1.38 bits per heavy atom. The highest BCUT2D eigenvalue weighted by Crippen LogP contribution is 2.39. The van der Waals surface area contributed by atoms with Gasteiger partial charge in [0.1, 0.15) is 16.0 Å². The van der Waals surface area contributed by atoms with E-state index in [1.54, 1.807) is 25.6 Å². The summed E-state index contributed by atoms with van der Waals surface area (Å²) in [4.78, 5) is 7.10. The Bertz CT molecular complexity index is 528. The van der Waals surface area contributed by atoms with Gasteiger partial charge in [-0.3, -0.25) is 0 Å². The molecule has 0 unspecified atom stereocenters. The summed E-state index contributed by atoms with van der Waals surface area (Å²) in [5.41, 5.74) is 1.45. The van der Waals surface area contributed by atoms with E-state index in [-0.39, 0.29) is 0 Å². The number of hydrogen-bond donors (Lipinski definition) is 1. The van der Waals surface area contributed by atoms with Gasteiger partial charge in [-0.05, 0) is 28.1 Å². The highest BCUT2D eigenvalue weighted by Gasteiger charge is 2.15. The summed E-state index contributed by atoms with van der Waals surface area (Å²) in [5, 5.41) is 0.996. The van der Waals surface area contributed by atoms with Crippen LogP contribution in [0.4, 0.5) is 0 Å². The molecule has 0 saturated carbocycles. The molecular weight excluding hydrogens is 315 g/mol. The first-order valence-electron chi connectivity index (χ1n) is 4.35. The summed E-state index contributed by atoms with van der Waals surface area (Å²) < 4.78 is 6.00. The van der Waals surface area contributed by atoms with Crippen molar-refractivity contribution in [1.82, 2.24) is 9.97 Å². The minimum atomic E-state index is 0.458. The number of nitrogens with zero attached hydrogens (tertiary/aromatic N) is 1. The van der Waals surface area contributed by atoms with E-state index in [4.69, 9.17) is 27.9 Å². The molecule has 2 aromatic rings. The quantitative estimate of drug-likeness (QED) is 0.902. The number of aromatic amines is 1. The zero-order valence-electron chi connectivity index (χ0n) is 8.22. The Morgan fingerprint density at radius 2 is 2.12 bits per heavy atom. The number of nitrogens with one attached hydrogen (secondary N) is 1. The van der Waals surface area contributed by atoms with Crippen molar-refractivity contribution >= 4 is 39.1 Å². The zero-order valence-corrected chi connectivity index (χ0v) is 11.3. The minimum Gasteiger partial charge on any atom is -0.494 e. The summed E-state index contributed by atoms with van der Waals surface area (Å²) in [5.74, 6) is 0.555. The smallest absolute Gasteiger partial charge is 0.147 e. The second kappa shape index (κ2) is 4.65. The van der Waals surface area contributed by atoms with Crippen LogP contribution in [-0.2, 0) is 0 Å². The number of H-pyrrole nitrogens is 1. The number of benzene rings is 1. The van der Waals surface area contributed by atoms with Gasteiger partial charge in [-0.25, -0.2) is 4.98 Å². The lowest BCUT2D eigenvalue weighted by Gasteiger charge is -2.09. The van der Waals surface area contributed by atoms with Crippen molar-refractivity contribution < 1.29 is 4.74 Å². The Hall–Kier alpha value is -0.710. The highest BCUT2D eigenvalue weighted by atomic mass is 79.9. The summed E-state index contributed by atoms with van der Waals surface area (Å²) in [6.07, 6.45) is 1.58.